The number of ether oxygens (including phenoxy) is 1. The summed E-state index contributed by atoms with van der Waals surface area (Å²) >= 11 is 0. The highest BCUT2D eigenvalue weighted by Gasteiger charge is 2.18. The molecule has 0 aliphatic rings. The summed E-state index contributed by atoms with van der Waals surface area (Å²) in [4.78, 5) is 1.56. The van der Waals surface area contributed by atoms with E-state index in [2.05, 4.69) is 24.0 Å². The number of rotatable bonds is 4. The Kier molecular flexibility index (Phi) is 6.96. The molecule has 0 saturated heterocycles. The molecule has 0 spiro atoms. The molecule has 0 saturated carbocycles. The van der Waals surface area contributed by atoms with Crippen LogP contribution in [0.2, 0.25) is 0 Å². The van der Waals surface area contributed by atoms with E-state index in [0.717, 1.165) is 5.69 Å². The summed E-state index contributed by atoms with van der Waals surface area (Å²) in [5.41, 5.74) is 0.916. The van der Waals surface area contributed by atoms with E-state index in [4.69, 9.17) is 4.74 Å². The van der Waals surface area contributed by atoms with E-state index in [-0.39, 0.29) is 6.10 Å². The van der Waals surface area contributed by atoms with Gasteiger partial charge < -0.3 is 4.74 Å². The van der Waals surface area contributed by atoms with Gasteiger partial charge in [-0.3, -0.25) is 0 Å². The van der Waals surface area contributed by atoms with Crippen molar-refractivity contribution in [3.05, 3.63) is 11.9 Å². The smallest absolute Gasteiger partial charge is 0.112 e. The minimum absolute atomic E-state index is 0.0682. The first-order valence-electron chi connectivity index (χ1n) is 5.63. The quantitative estimate of drug-likeness (QED) is 0.771. The van der Waals surface area contributed by atoms with Gasteiger partial charge in [-0.15, -0.1) is 0 Å². The van der Waals surface area contributed by atoms with Crippen LogP contribution in [0.4, 0.5) is 0 Å². The Morgan fingerprint density at radius 3 is 2.33 bits per heavy atom. The van der Waals surface area contributed by atoms with Gasteiger partial charge in [-0.25, -0.2) is 0 Å². The van der Waals surface area contributed by atoms with Crippen LogP contribution in [0.15, 0.2) is 6.20 Å². The third-order valence-corrected chi connectivity index (χ3v) is 1.86. The van der Waals surface area contributed by atoms with Crippen LogP contribution in [-0.4, -0.2) is 21.6 Å². The molecule has 0 aliphatic carbocycles. The fourth-order valence-corrected chi connectivity index (χ4v) is 1.29. The number of nitrogens with zero attached hydrogens (tertiary/aromatic N) is 3. The van der Waals surface area contributed by atoms with Gasteiger partial charge in [-0.1, -0.05) is 27.7 Å². The van der Waals surface area contributed by atoms with Gasteiger partial charge in [0.05, 0.1) is 6.20 Å². The number of aromatic nitrogens is 3. The lowest BCUT2D eigenvalue weighted by atomic mass is 10.1. The van der Waals surface area contributed by atoms with Crippen LogP contribution in [-0.2, 0) is 11.8 Å². The average Bonchev–Trinajstić information content (AvgIpc) is 2.63. The normalized spacial score (nSPS) is 12.2. The molecule has 4 nitrogen and oxygen atoms in total. The summed E-state index contributed by atoms with van der Waals surface area (Å²) < 4.78 is 5.59. The van der Waals surface area contributed by atoms with Crippen molar-refractivity contribution in [2.24, 2.45) is 13.0 Å². The van der Waals surface area contributed by atoms with E-state index >= 15 is 0 Å². The maximum Gasteiger partial charge on any atom is 0.112 e. The maximum atomic E-state index is 5.59. The first kappa shape index (κ1) is 14.1. The molecular formula is C11H23N3O. The third kappa shape index (κ3) is 4.42. The third-order valence-electron chi connectivity index (χ3n) is 1.86. The van der Waals surface area contributed by atoms with Gasteiger partial charge in [-0.2, -0.15) is 15.0 Å². The van der Waals surface area contributed by atoms with Crippen molar-refractivity contribution in [1.29, 1.82) is 0 Å². The lowest BCUT2D eigenvalue weighted by Crippen LogP contribution is -2.12. The summed E-state index contributed by atoms with van der Waals surface area (Å²) in [6.07, 6.45) is 1.83. The minimum atomic E-state index is 0.0682. The van der Waals surface area contributed by atoms with Crippen LogP contribution < -0.4 is 0 Å². The Bertz CT molecular complexity index is 258. The van der Waals surface area contributed by atoms with Crippen LogP contribution in [0.1, 0.15) is 46.4 Å². The molecule has 0 bridgehead atoms. The van der Waals surface area contributed by atoms with Gasteiger partial charge in [0.1, 0.15) is 11.8 Å². The van der Waals surface area contributed by atoms with Gasteiger partial charge >= 0.3 is 0 Å². The topological polar surface area (TPSA) is 39.9 Å². The lowest BCUT2D eigenvalue weighted by molar-refractivity contribution is 0.0261. The van der Waals surface area contributed by atoms with Gasteiger partial charge in [0, 0.05) is 13.7 Å². The maximum absolute atomic E-state index is 5.59. The monoisotopic (exact) mass is 213 g/mol. The number of aryl methyl sites for hydroxylation is 1. The van der Waals surface area contributed by atoms with Crippen LogP contribution in [0.3, 0.4) is 0 Å². The predicted molar refractivity (Wildman–Crippen MR) is 61.6 cm³/mol. The van der Waals surface area contributed by atoms with Gasteiger partial charge in [0.2, 0.25) is 0 Å². The molecule has 1 atom stereocenters. The molecule has 0 fully saturated rings. The minimum Gasteiger partial charge on any atom is -0.372 e. The van der Waals surface area contributed by atoms with Crippen molar-refractivity contribution in [3.8, 4) is 0 Å². The van der Waals surface area contributed by atoms with Crippen molar-refractivity contribution in [3.63, 3.8) is 0 Å². The van der Waals surface area contributed by atoms with Crippen LogP contribution in [0.25, 0.3) is 0 Å². The first-order chi connectivity index (χ1) is 7.15. The van der Waals surface area contributed by atoms with Crippen molar-refractivity contribution in [2.45, 2.75) is 40.7 Å². The molecule has 15 heavy (non-hydrogen) atoms. The van der Waals surface area contributed by atoms with Crippen molar-refractivity contribution in [1.82, 2.24) is 15.0 Å². The van der Waals surface area contributed by atoms with E-state index in [0.29, 0.717) is 12.5 Å². The molecule has 0 N–H and O–H groups in total. The summed E-state index contributed by atoms with van der Waals surface area (Å²) in [7, 11) is 1.81. The zero-order valence-electron chi connectivity index (χ0n) is 10.7. The van der Waals surface area contributed by atoms with Gasteiger partial charge in [-0.05, 0) is 12.8 Å². The second-order valence-electron chi connectivity index (χ2n) is 3.38. The van der Waals surface area contributed by atoms with Crippen molar-refractivity contribution < 1.29 is 4.74 Å². The van der Waals surface area contributed by atoms with Crippen molar-refractivity contribution >= 4 is 0 Å². The molecule has 0 aromatic carbocycles. The highest BCUT2D eigenvalue weighted by atomic mass is 16.5. The van der Waals surface area contributed by atoms with Crippen molar-refractivity contribution in [2.75, 3.05) is 6.61 Å². The molecule has 1 unspecified atom stereocenters. The van der Waals surface area contributed by atoms with Crippen LogP contribution >= 0.6 is 0 Å². The van der Waals surface area contributed by atoms with Crippen LogP contribution in [0.5, 0.6) is 0 Å². The SMILES string of the molecule is CC.CCOC(c1cnn(C)n1)C(C)C. The highest BCUT2D eigenvalue weighted by Crippen LogP contribution is 2.22. The standard InChI is InChI=1S/C9H17N3O.C2H6/c1-5-13-9(7(2)3)8-6-10-12(4)11-8;1-2/h6-7,9H,5H2,1-4H3;1-2H3. The summed E-state index contributed by atoms with van der Waals surface area (Å²) in [5, 5.41) is 8.26. The average molecular weight is 213 g/mol. The second-order valence-corrected chi connectivity index (χ2v) is 3.38. The first-order valence-corrected chi connectivity index (χ1v) is 5.63. The zero-order valence-corrected chi connectivity index (χ0v) is 10.7. The zero-order chi connectivity index (χ0) is 11.8. The summed E-state index contributed by atoms with van der Waals surface area (Å²) in [6.45, 7) is 10.9. The molecule has 1 aromatic rings. The largest absolute Gasteiger partial charge is 0.372 e. The van der Waals surface area contributed by atoms with Crippen LogP contribution in [0, 0.1) is 5.92 Å². The molecule has 1 aromatic heterocycles. The van der Waals surface area contributed by atoms with Gasteiger partial charge in [0.25, 0.3) is 0 Å². The number of hydrogen-bond acceptors (Lipinski definition) is 3. The fraction of sp³-hybridized carbons (Fsp3) is 0.818. The van der Waals surface area contributed by atoms with E-state index in [1.54, 1.807) is 11.0 Å². The Labute approximate surface area is 92.6 Å². The molecule has 0 amide bonds. The molecule has 1 rings (SSSR count). The van der Waals surface area contributed by atoms with E-state index in [9.17, 15) is 0 Å². The molecule has 4 heteroatoms. The van der Waals surface area contributed by atoms with E-state index in [1.807, 2.05) is 27.8 Å². The second kappa shape index (κ2) is 7.40. The number of hydrogen-bond donors (Lipinski definition) is 0. The Hall–Kier alpha value is -0.900. The Morgan fingerprint density at radius 2 is 2.00 bits per heavy atom. The molecule has 0 aliphatic heterocycles. The molecular weight excluding hydrogens is 190 g/mol. The lowest BCUT2D eigenvalue weighted by Gasteiger charge is -2.17. The summed E-state index contributed by atoms with van der Waals surface area (Å²) in [5.74, 6) is 0.427. The highest BCUT2D eigenvalue weighted by molar-refractivity contribution is 4.98. The molecule has 1 heterocycles. The Balaban J connectivity index is 0.000000921. The Morgan fingerprint density at radius 1 is 1.40 bits per heavy atom. The van der Waals surface area contributed by atoms with E-state index < -0.39 is 0 Å². The fourth-order valence-electron chi connectivity index (χ4n) is 1.29. The molecule has 88 valence electrons. The van der Waals surface area contributed by atoms with E-state index in [1.165, 1.54) is 0 Å². The summed E-state index contributed by atoms with van der Waals surface area (Å²) in [6, 6.07) is 0. The molecule has 0 radical (unpaired) electrons. The predicted octanol–water partition coefficient (Wildman–Crippen LogP) is 2.57. The van der Waals surface area contributed by atoms with Gasteiger partial charge in [0.15, 0.2) is 0 Å².